The number of hydrogen-bond acceptors (Lipinski definition) is 6. The first-order chi connectivity index (χ1) is 15.1. The molecule has 0 radical (unpaired) electrons. The van der Waals surface area contributed by atoms with Gasteiger partial charge in [-0.1, -0.05) is 29.8 Å². The molecule has 1 fully saturated rings. The molecule has 31 heavy (non-hydrogen) atoms. The molecule has 0 atom stereocenters. The van der Waals surface area contributed by atoms with Crippen LogP contribution in [0.1, 0.15) is 24.8 Å². The Bertz CT molecular complexity index is 1120. The number of nitrogens with one attached hydrogen (secondary N) is 2. The number of H-pyrrole nitrogens is 1. The fourth-order valence-corrected chi connectivity index (χ4v) is 4.92. The highest BCUT2D eigenvalue weighted by Gasteiger charge is 2.26. The SMILES string of the molecule is COCCCNC(=O)C1CCN(c2nc3c(-c4cccc(C)c4)csc3c(=O)[nH]2)CC1. The second kappa shape index (κ2) is 9.62. The van der Waals surface area contributed by atoms with Crippen LogP contribution in [0.4, 0.5) is 5.95 Å². The van der Waals surface area contributed by atoms with Crippen molar-refractivity contribution >= 4 is 33.4 Å². The van der Waals surface area contributed by atoms with Crippen molar-refractivity contribution in [3.63, 3.8) is 0 Å². The lowest BCUT2D eigenvalue weighted by molar-refractivity contribution is -0.125. The number of carbonyl (C=O) groups excluding carboxylic acids is 1. The minimum atomic E-state index is -0.109. The number of carbonyl (C=O) groups is 1. The van der Waals surface area contributed by atoms with E-state index in [0.717, 1.165) is 35.9 Å². The number of rotatable bonds is 7. The third-order valence-electron chi connectivity index (χ3n) is 5.73. The quantitative estimate of drug-likeness (QED) is 0.551. The van der Waals surface area contributed by atoms with E-state index in [1.54, 1.807) is 7.11 Å². The third-order valence-corrected chi connectivity index (χ3v) is 6.70. The number of methoxy groups -OCH3 is 1. The molecule has 1 aliphatic rings. The second-order valence-corrected chi connectivity index (χ2v) is 8.86. The van der Waals surface area contributed by atoms with Crippen molar-refractivity contribution in [3.8, 4) is 11.1 Å². The number of anilines is 1. The molecule has 2 aromatic heterocycles. The average molecular weight is 441 g/mol. The van der Waals surface area contributed by atoms with Gasteiger partial charge in [-0.2, -0.15) is 0 Å². The van der Waals surface area contributed by atoms with E-state index in [-0.39, 0.29) is 17.4 Å². The van der Waals surface area contributed by atoms with Gasteiger partial charge in [-0.25, -0.2) is 4.98 Å². The fourth-order valence-electron chi connectivity index (χ4n) is 4.01. The largest absolute Gasteiger partial charge is 0.385 e. The number of aromatic nitrogens is 2. The lowest BCUT2D eigenvalue weighted by Crippen LogP contribution is -2.41. The van der Waals surface area contributed by atoms with Gasteiger partial charge >= 0.3 is 0 Å². The number of nitrogens with zero attached hydrogens (tertiary/aromatic N) is 2. The molecule has 1 aromatic carbocycles. The van der Waals surface area contributed by atoms with Crippen molar-refractivity contribution in [1.29, 1.82) is 0 Å². The number of thiophene rings is 1. The van der Waals surface area contributed by atoms with Gasteiger partial charge in [0, 0.05) is 50.2 Å². The van der Waals surface area contributed by atoms with Crippen LogP contribution in [0.25, 0.3) is 21.3 Å². The van der Waals surface area contributed by atoms with Crippen LogP contribution in [-0.4, -0.2) is 49.2 Å². The molecular weight excluding hydrogens is 412 g/mol. The Balaban J connectivity index is 1.49. The highest BCUT2D eigenvalue weighted by molar-refractivity contribution is 7.17. The smallest absolute Gasteiger partial charge is 0.270 e. The molecule has 4 rings (SSSR count). The van der Waals surface area contributed by atoms with Crippen molar-refractivity contribution in [2.75, 3.05) is 38.3 Å². The topological polar surface area (TPSA) is 87.3 Å². The van der Waals surface area contributed by atoms with E-state index in [1.165, 1.54) is 16.9 Å². The lowest BCUT2D eigenvalue weighted by Gasteiger charge is -2.31. The van der Waals surface area contributed by atoms with Crippen molar-refractivity contribution in [3.05, 3.63) is 45.6 Å². The summed E-state index contributed by atoms with van der Waals surface area (Å²) in [6.45, 7) is 4.72. The van der Waals surface area contributed by atoms with E-state index < -0.39 is 0 Å². The predicted octanol–water partition coefficient (Wildman–Crippen LogP) is 3.33. The summed E-state index contributed by atoms with van der Waals surface area (Å²) in [5.74, 6) is 0.689. The number of aromatic amines is 1. The number of aryl methyl sites for hydroxylation is 1. The van der Waals surface area contributed by atoms with Crippen LogP contribution in [0.5, 0.6) is 0 Å². The highest BCUT2D eigenvalue weighted by atomic mass is 32.1. The van der Waals surface area contributed by atoms with Gasteiger partial charge in [-0.05, 0) is 31.7 Å². The molecule has 8 heteroatoms. The summed E-state index contributed by atoms with van der Waals surface area (Å²) in [5, 5.41) is 5.00. The maximum Gasteiger partial charge on any atom is 0.270 e. The van der Waals surface area contributed by atoms with Gasteiger partial charge in [0.05, 0.1) is 5.52 Å². The Kier molecular flexibility index (Phi) is 6.67. The number of amides is 1. The second-order valence-electron chi connectivity index (χ2n) is 7.98. The maximum absolute atomic E-state index is 12.7. The molecule has 0 bridgehead atoms. The maximum atomic E-state index is 12.7. The number of fused-ring (bicyclic) bond motifs is 1. The third kappa shape index (κ3) is 4.80. The molecule has 0 aliphatic carbocycles. The lowest BCUT2D eigenvalue weighted by atomic mass is 9.96. The van der Waals surface area contributed by atoms with Gasteiger partial charge in [0.15, 0.2) is 0 Å². The Morgan fingerprint density at radius 1 is 1.35 bits per heavy atom. The van der Waals surface area contributed by atoms with E-state index >= 15 is 0 Å². The van der Waals surface area contributed by atoms with Crippen LogP contribution in [-0.2, 0) is 9.53 Å². The Morgan fingerprint density at radius 2 is 2.16 bits per heavy atom. The first-order valence-electron chi connectivity index (χ1n) is 10.7. The molecule has 7 nitrogen and oxygen atoms in total. The summed E-state index contributed by atoms with van der Waals surface area (Å²) in [6, 6.07) is 8.24. The van der Waals surface area contributed by atoms with Gasteiger partial charge in [0.2, 0.25) is 11.9 Å². The summed E-state index contributed by atoms with van der Waals surface area (Å²) in [4.78, 5) is 34.9. The molecule has 164 valence electrons. The molecule has 0 spiro atoms. The van der Waals surface area contributed by atoms with Crippen LogP contribution in [0.2, 0.25) is 0 Å². The first-order valence-corrected chi connectivity index (χ1v) is 11.5. The first kappa shape index (κ1) is 21.5. The molecule has 1 saturated heterocycles. The van der Waals surface area contributed by atoms with Gasteiger partial charge in [-0.15, -0.1) is 11.3 Å². The summed E-state index contributed by atoms with van der Waals surface area (Å²) < 4.78 is 5.66. The Morgan fingerprint density at radius 3 is 2.90 bits per heavy atom. The molecule has 1 amide bonds. The Labute approximate surface area is 185 Å². The van der Waals surface area contributed by atoms with Crippen molar-refractivity contribution in [2.45, 2.75) is 26.2 Å². The zero-order chi connectivity index (χ0) is 21.8. The highest BCUT2D eigenvalue weighted by Crippen LogP contribution is 2.32. The van der Waals surface area contributed by atoms with Crippen LogP contribution in [0.15, 0.2) is 34.4 Å². The summed E-state index contributed by atoms with van der Waals surface area (Å²) >= 11 is 1.43. The van der Waals surface area contributed by atoms with Gasteiger partial charge < -0.3 is 15.0 Å². The van der Waals surface area contributed by atoms with Crippen LogP contribution >= 0.6 is 11.3 Å². The van der Waals surface area contributed by atoms with Crippen molar-refractivity contribution in [1.82, 2.24) is 15.3 Å². The summed E-state index contributed by atoms with van der Waals surface area (Å²) in [7, 11) is 1.66. The minimum Gasteiger partial charge on any atom is -0.385 e. The van der Waals surface area contributed by atoms with Gasteiger partial charge in [-0.3, -0.25) is 14.6 Å². The molecule has 2 N–H and O–H groups in total. The van der Waals surface area contributed by atoms with Crippen LogP contribution in [0.3, 0.4) is 0 Å². The van der Waals surface area contributed by atoms with Crippen molar-refractivity contribution in [2.24, 2.45) is 5.92 Å². The fraction of sp³-hybridized carbons (Fsp3) is 0.435. The molecule has 1 aliphatic heterocycles. The van der Waals surface area contributed by atoms with E-state index in [4.69, 9.17) is 9.72 Å². The Hall–Kier alpha value is -2.71. The monoisotopic (exact) mass is 440 g/mol. The van der Waals surface area contributed by atoms with E-state index in [9.17, 15) is 9.59 Å². The van der Waals surface area contributed by atoms with Crippen molar-refractivity contribution < 1.29 is 9.53 Å². The van der Waals surface area contributed by atoms with Gasteiger partial charge in [0.1, 0.15) is 4.70 Å². The summed E-state index contributed by atoms with van der Waals surface area (Å²) in [5.41, 5.74) is 3.86. The molecule has 3 aromatic rings. The number of piperidine rings is 1. The number of benzene rings is 1. The summed E-state index contributed by atoms with van der Waals surface area (Å²) in [6.07, 6.45) is 2.30. The van der Waals surface area contributed by atoms with Gasteiger partial charge in [0.25, 0.3) is 5.56 Å². The minimum absolute atomic E-state index is 0.00162. The number of ether oxygens (including phenoxy) is 1. The van der Waals surface area contributed by atoms with Crippen LogP contribution < -0.4 is 15.8 Å². The molecule has 0 unspecified atom stereocenters. The van der Waals surface area contributed by atoms with E-state index in [0.29, 0.717) is 36.9 Å². The molecule has 0 saturated carbocycles. The normalized spacial score (nSPS) is 14.8. The molecule has 3 heterocycles. The van der Waals surface area contributed by atoms with E-state index in [1.807, 2.05) is 17.5 Å². The molecular formula is C23H28N4O3S. The van der Waals surface area contributed by atoms with Crippen LogP contribution in [0, 0.1) is 12.8 Å². The number of hydrogen-bond donors (Lipinski definition) is 2. The van der Waals surface area contributed by atoms with E-state index in [2.05, 4.69) is 34.3 Å². The zero-order valence-corrected chi connectivity index (χ0v) is 18.8. The zero-order valence-electron chi connectivity index (χ0n) is 17.9. The standard InChI is InChI=1S/C23H28N4O3S/c1-15-5-3-6-17(13-15)18-14-31-20-19(18)25-23(26-22(20)29)27-10-7-16(8-11-27)21(28)24-9-4-12-30-2/h3,5-6,13-14,16H,4,7-12H2,1-2H3,(H,24,28)(H,25,26,29). The average Bonchev–Trinajstić information content (AvgIpc) is 3.21. The predicted molar refractivity (Wildman–Crippen MR) is 125 cm³/mol.